The minimum Gasteiger partial charge on any atom is -0.377 e. The highest BCUT2D eigenvalue weighted by Gasteiger charge is 2.31. The summed E-state index contributed by atoms with van der Waals surface area (Å²) in [5.74, 6) is -0.402. The average molecular weight is 362 g/mol. The van der Waals surface area contributed by atoms with E-state index in [2.05, 4.69) is 21.2 Å². The first-order valence-electron chi connectivity index (χ1n) is 6.16. The molecule has 0 aliphatic rings. The Morgan fingerprint density at radius 1 is 1.10 bits per heavy atom. The van der Waals surface area contributed by atoms with E-state index in [4.69, 9.17) is 0 Å². The molecule has 1 N–H and O–H groups in total. The van der Waals surface area contributed by atoms with Gasteiger partial charge in [-0.15, -0.1) is 0 Å². The molecular weight excluding hydrogens is 350 g/mol. The quantitative estimate of drug-likeness (QED) is 0.683. The maximum atomic E-state index is 13.7. The predicted molar refractivity (Wildman–Crippen MR) is 77.6 cm³/mol. The van der Waals surface area contributed by atoms with Gasteiger partial charge in [0, 0.05) is 15.7 Å². The molecular formula is C15H12BrF4N. The number of alkyl halides is 3. The Morgan fingerprint density at radius 2 is 1.76 bits per heavy atom. The van der Waals surface area contributed by atoms with E-state index >= 15 is 0 Å². The van der Waals surface area contributed by atoms with Crippen LogP contribution in [-0.4, -0.2) is 0 Å². The Hall–Kier alpha value is -1.56. The number of halogens is 5. The van der Waals surface area contributed by atoms with Gasteiger partial charge < -0.3 is 5.32 Å². The van der Waals surface area contributed by atoms with E-state index < -0.39 is 23.6 Å². The summed E-state index contributed by atoms with van der Waals surface area (Å²) < 4.78 is 52.3. The van der Waals surface area contributed by atoms with Crippen molar-refractivity contribution in [3.8, 4) is 0 Å². The van der Waals surface area contributed by atoms with Crippen molar-refractivity contribution in [2.75, 3.05) is 5.32 Å². The topological polar surface area (TPSA) is 12.0 Å². The lowest BCUT2D eigenvalue weighted by molar-refractivity contribution is -0.137. The summed E-state index contributed by atoms with van der Waals surface area (Å²) in [7, 11) is 0. The summed E-state index contributed by atoms with van der Waals surface area (Å²) in [6.07, 6.45) is -4.42. The maximum Gasteiger partial charge on any atom is 0.416 e. The molecule has 0 radical (unpaired) electrons. The van der Waals surface area contributed by atoms with Crippen LogP contribution < -0.4 is 5.32 Å². The second kappa shape index (κ2) is 6.05. The number of hydrogen-bond donors (Lipinski definition) is 1. The number of benzene rings is 2. The highest BCUT2D eigenvalue weighted by Crippen LogP contribution is 2.35. The first-order valence-corrected chi connectivity index (χ1v) is 6.96. The van der Waals surface area contributed by atoms with Crippen molar-refractivity contribution in [2.45, 2.75) is 19.1 Å². The standard InChI is InChI=1S/C15H12BrF4N/c1-9(11-4-2-3-5-13(11)17)21-14-8-10(15(18,19)20)6-7-12(14)16/h2-9,21H,1H3. The van der Waals surface area contributed by atoms with Crippen molar-refractivity contribution in [1.82, 2.24) is 0 Å². The van der Waals surface area contributed by atoms with Crippen molar-refractivity contribution in [2.24, 2.45) is 0 Å². The van der Waals surface area contributed by atoms with Gasteiger partial charge in [0.15, 0.2) is 0 Å². The van der Waals surface area contributed by atoms with Crippen LogP contribution in [0.4, 0.5) is 23.2 Å². The molecule has 0 heterocycles. The summed E-state index contributed by atoms with van der Waals surface area (Å²) in [5.41, 5.74) is -0.101. The summed E-state index contributed by atoms with van der Waals surface area (Å²) in [4.78, 5) is 0. The van der Waals surface area contributed by atoms with Crippen molar-refractivity contribution in [3.05, 3.63) is 63.9 Å². The van der Waals surface area contributed by atoms with E-state index in [-0.39, 0.29) is 5.69 Å². The molecule has 1 unspecified atom stereocenters. The molecule has 0 aliphatic carbocycles. The fourth-order valence-electron chi connectivity index (χ4n) is 1.95. The lowest BCUT2D eigenvalue weighted by Gasteiger charge is -2.18. The Labute approximate surface area is 128 Å². The van der Waals surface area contributed by atoms with E-state index in [1.165, 1.54) is 12.1 Å². The molecule has 6 heteroatoms. The van der Waals surface area contributed by atoms with Crippen LogP contribution in [0, 0.1) is 5.82 Å². The largest absolute Gasteiger partial charge is 0.416 e. The van der Waals surface area contributed by atoms with Gasteiger partial charge in [-0.3, -0.25) is 0 Å². The summed E-state index contributed by atoms with van der Waals surface area (Å²) in [6.45, 7) is 1.69. The number of hydrogen-bond acceptors (Lipinski definition) is 1. The van der Waals surface area contributed by atoms with Gasteiger partial charge >= 0.3 is 6.18 Å². The molecule has 0 amide bonds. The van der Waals surface area contributed by atoms with Gasteiger partial charge in [-0.1, -0.05) is 18.2 Å². The second-order valence-corrected chi connectivity index (χ2v) is 5.43. The molecule has 2 rings (SSSR count). The predicted octanol–water partition coefficient (Wildman–Crippen LogP) is 5.78. The molecule has 2 aromatic rings. The molecule has 0 aliphatic heterocycles. The van der Waals surface area contributed by atoms with Crippen LogP contribution >= 0.6 is 15.9 Å². The smallest absolute Gasteiger partial charge is 0.377 e. The van der Waals surface area contributed by atoms with Gasteiger partial charge in [-0.05, 0) is 47.1 Å². The van der Waals surface area contributed by atoms with Crippen LogP contribution in [0.5, 0.6) is 0 Å². The molecule has 1 atom stereocenters. The molecule has 112 valence electrons. The second-order valence-electron chi connectivity index (χ2n) is 4.58. The third-order valence-corrected chi connectivity index (χ3v) is 3.73. The highest BCUT2D eigenvalue weighted by molar-refractivity contribution is 9.10. The zero-order valence-electron chi connectivity index (χ0n) is 11.0. The zero-order valence-corrected chi connectivity index (χ0v) is 12.6. The number of rotatable bonds is 3. The fourth-order valence-corrected chi connectivity index (χ4v) is 2.31. The van der Waals surface area contributed by atoms with Crippen molar-refractivity contribution in [1.29, 1.82) is 0 Å². The molecule has 0 fully saturated rings. The Bertz CT molecular complexity index is 640. The number of nitrogens with one attached hydrogen (secondary N) is 1. The van der Waals surface area contributed by atoms with Crippen LogP contribution in [0.15, 0.2) is 46.9 Å². The Morgan fingerprint density at radius 3 is 2.38 bits per heavy atom. The van der Waals surface area contributed by atoms with Crippen LogP contribution in [-0.2, 0) is 6.18 Å². The van der Waals surface area contributed by atoms with E-state index in [1.807, 2.05) is 0 Å². The van der Waals surface area contributed by atoms with Crippen molar-refractivity contribution in [3.63, 3.8) is 0 Å². The normalized spacial score (nSPS) is 13.0. The molecule has 0 saturated carbocycles. The van der Waals surface area contributed by atoms with E-state index in [9.17, 15) is 17.6 Å². The van der Waals surface area contributed by atoms with Crippen LogP contribution in [0.3, 0.4) is 0 Å². The molecule has 1 nitrogen and oxygen atoms in total. The molecule has 2 aromatic carbocycles. The molecule has 0 saturated heterocycles. The minimum absolute atomic E-state index is 0.264. The molecule has 21 heavy (non-hydrogen) atoms. The lowest BCUT2D eigenvalue weighted by atomic mass is 10.1. The zero-order chi connectivity index (χ0) is 15.6. The van der Waals surface area contributed by atoms with Crippen LogP contribution in [0.25, 0.3) is 0 Å². The fraction of sp³-hybridized carbons (Fsp3) is 0.200. The SMILES string of the molecule is CC(Nc1cc(C(F)(F)F)ccc1Br)c1ccccc1F. The van der Waals surface area contributed by atoms with E-state index in [0.29, 0.717) is 10.0 Å². The molecule has 0 aromatic heterocycles. The Balaban J connectivity index is 2.29. The highest BCUT2D eigenvalue weighted by atomic mass is 79.9. The van der Waals surface area contributed by atoms with Gasteiger partial charge in [-0.25, -0.2) is 4.39 Å². The van der Waals surface area contributed by atoms with Crippen molar-refractivity contribution >= 4 is 21.6 Å². The molecule has 0 bridgehead atoms. The van der Waals surface area contributed by atoms with Crippen molar-refractivity contribution < 1.29 is 17.6 Å². The minimum atomic E-state index is -4.42. The van der Waals surface area contributed by atoms with E-state index in [1.54, 1.807) is 25.1 Å². The van der Waals surface area contributed by atoms with Gasteiger partial charge in [0.25, 0.3) is 0 Å². The average Bonchev–Trinajstić information content (AvgIpc) is 2.40. The molecule has 0 spiro atoms. The Kier molecular flexibility index (Phi) is 4.56. The third-order valence-electron chi connectivity index (χ3n) is 3.04. The lowest BCUT2D eigenvalue weighted by Crippen LogP contribution is -2.11. The third kappa shape index (κ3) is 3.75. The maximum absolute atomic E-state index is 13.7. The van der Waals surface area contributed by atoms with Gasteiger partial charge in [0.2, 0.25) is 0 Å². The number of anilines is 1. The summed E-state index contributed by atoms with van der Waals surface area (Å²) >= 11 is 3.19. The summed E-state index contributed by atoms with van der Waals surface area (Å²) in [5, 5.41) is 2.89. The summed E-state index contributed by atoms with van der Waals surface area (Å²) in [6, 6.07) is 8.99. The van der Waals surface area contributed by atoms with E-state index in [0.717, 1.165) is 12.1 Å². The first-order chi connectivity index (χ1) is 9.79. The first kappa shape index (κ1) is 15.8. The van der Waals surface area contributed by atoms with Gasteiger partial charge in [-0.2, -0.15) is 13.2 Å². The van der Waals surface area contributed by atoms with Crippen LogP contribution in [0.1, 0.15) is 24.1 Å². The van der Waals surface area contributed by atoms with Gasteiger partial charge in [0.1, 0.15) is 5.82 Å². The van der Waals surface area contributed by atoms with Crippen LogP contribution in [0.2, 0.25) is 0 Å². The van der Waals surface area contributed by atoms with Gasteiger partial charge in [0.05, 0.1) is 11.6 Å². The monoisotopic (exact) mass is 361 g/mol.